The maximum absolute atomic E-state index is 14.0. The Morgan fingerprint density at radius 2 is 1.87 bits per heavy atom. The molecular weight excluding hydrogens is 385 g/mol. The van der Waals surface area contributed by atoms with Crippen LogP contribution in [0.2, 0.25) is 5.02 Å². The van der Waals surface area contributed by atoms with Crippen LogP contribution < -0.4 is 9.47 Å². The molecule has 3 aromatic rings. The summed E-state index contributed by atoms with van der Waals surface area (Å²) in [5.74, 6) is 0.419. The van der Waals surface area contributed by atoms with Gasteiger partial charge in [0.2, 0.25) is 0 Å². The van der Waals surface area contributed by atoms with E-state index in [-0.39, 0.29) is 5.75 Å². The number of benzene rings is 2. The maximum atomic E-state index is 14.0. The Kier molecular flexibility index (Phi) is 4.41. The molecule has 1 heterocycles. The highest BCUT2D eigenvalue weighted by molar-refractivity contribution is 9.10. The van der Waals surface area contributed by atoms with E-state index in [9.17, 15) is 4.39 Å². The van der Waals surface area contributed by atoms with Crippen LogP contribution in [-0.2, 0) is 0 Å². The van der Waals surface area contributed by atoms with Crippen molar-refractivity contribution < 1.29 is 13.9 Å². The molecule has 0 amide bonds. The Labute approximate surface area is 146 Å². The van der Waals surface area contributed by atoms with Gasteiger partial charge in [-0.2, -0.15) is 0 Å². The third-order valence-electron chi connectivity index (χ3n) is 3.50. The highest BCUT2D eigenvalue weighted by atomic mass is 79.9. The van der Waals surface area contributed by atoms with Crippen LogP contribution in [0.5, 0.6) is 11.5 Å². The maximum Gasteiger partial charge on any atom is 0.165 e. The van der Waals surface area contributed by atoms with Crippen LogP contribution in [0.25, 0.3) is 22.2 Å². The minimum atomic E-state index is -0.464. The summed E-state index contributed by atoms with van der Waals surface area (Å²) in [6, 6.07) is 10.1. The van der Waals surface area contributed by atoms with E-state index >= 15 is 0 Å². The van der Waals surface area contributed by atoms with Crippen molar-refractivity contribution in [1.82, 2.24) is 4.98 Å². The predicted octanol–water partition coefficient (Wildman–Crippen LogP) is 5.47. The van der Waals surface area contributed by atoms with Crippen molar-refractivity contribution >= 4 is 38.4 Å². The summed E-state index contributed by atoms with van der Waals surface area (Å²) in [6.45, 7) is 0. The van der Waals surface area contributed by atoms with Crippen LogP contribution in [-0.4, -0.2) is 19.2 Å². The molecule has 0 unspecified atom stereocenters. The Bertz CT molecular complexity index is 901. The molecule has 6 heteroatoms. The molecule has 23 heavy (non-hydrogen) atoms. The van der Waals surface area contributed by atoms with Gasteiger partial charge >= 0.3 is 0 Å². The lowest BCUT2D eigenvalue weighted by Crippen LogP contribution is -1.93. The first-order valence-corrected chi connectivity index (χ1v) is 7.89. The van der Waals surface area contributed by atoms with Gasteiger partial charge in [0.05, 0.1) is 30.5 Å². The number of ether oxygens (including phenoxy) is 2. The van der Waals surface area contributed by atoms with Gasteiger partial charge in [0, 0.05) is 15.4 Å². The van der Waals surface area contributed by atoms with E-state index in [0.29, 0.717) is 26.5 Å². The third kappa shape index (κ3) is 2.86. The molecule has 118 valence electrons. The molecule has 0 spiro atoms. The van der Waals surface area contributed by atoms with E-state index in [2.05, 4.69) is 20.9 Å². The summed E-state index contributed by atoms with van der Waals surface area (Å²) in [7, 11) is 3.02. The van der Waals surface area contributed by atoms with Crippen molar-refractivity contribution in [1.29, 1.82) is 0 Å². The minimum Gasteiger partial charge on any atom is -0.497 e. The van der Waals surface area contributed by atoms with Gasteiger partial charge in [0.15, 0.2) is 11.6 Å². The highest BCUT2D eigenvalue weighted by Gasteiger charge is 2.15. The Morgan fingerprint density at radius 3 is 2.52 bits per heavy atom. The molecule has 0 aliphatic rings. The SMILES string of the molecule is COc1ccc2nc(-c3ccc(OC)c(F)c3)c(Cl)c(Br)c2c1. The van der Waals surface area contributed by atoms with Gasteiger partial charge in [0.25, 0.3) is 0 Å². The van der Waals surface area contributed by atoms with Gasteiger partial charge in [-0.25, -0.2) is 9.37 Å². The molecule has 2 aromatic carbocycles. The molecule has 1 aromatic heterocycles. The largest absolute Gasteiger partial charge is 0.497 e. The van der Waals surface area contributed by atoms with E-state index in [1.54, 1.807) is 19.2 Å². The molecule has 0 N–H and O–H groups in total. The number of fused-ring (bicyclic) bond motifs is 1. The van der Waals surface area contributed by atoms with E-state index in [1.165, 1.54) is 13.2 Å². The molecule has 0 saturated heterocycles. The first-order chi connectivity index (χ1) is 11.0. The molecule has 0 radical (unpaired) electrons. The van der Waals surface area contributed by atoms with Crippen LogP contribution >= 0.6 is 27.5 Å². The van der Waals surface area contributed by atoms with Gasteiger partial charge < -0.3 is 9.47 Å². The second-order valence-corrected chi connectivity index (χ2v) is 5.99. The first-order valence-electron chi connectivity index (χ1n) is 6.71. The lowest BCUT2D eigenvalue weighted by molar-refractivity contribution is 0.386. The van der Waals surface area contributed by atoms with Gasteiger partial charge in [-0.05, 0) is 52.3 Å². The Hall–Kier alpha value is -1.85. The fraction of sp³-hybridized carbons (Fsp3) is 0.118. The number of nitrogens with zero attached hydrogens (tertiary/aromatic N) is 1. The van der Waals surface area contributed by atoms with Crippen molar-refractivity contribution in [2.45, 2.75) is 0 Å². The van der Waals surface area contributed by atoms with Gasteiger partial charge in [-0.1, -0.05) is 11.6 Å². The summed E-state index contributed by atoms with van der Waals surface area (Å²) < 4.78 is 24.8. The van der Waals surface area contributed by atoms with Crippen LogP contribution in [0, 0.1) is 5.82 Å². The zero-order valence-electron chi connectivity index (χ0n) is 12.4. The Balaban J connectivity index is 2.22. The number of halogens is 3. The zero-order chi connectivity index (χ0) is 16.6. The lowest BCUT2D eigenvalue weighted by atomic mass is 10.1. The van der Waals surface area contributed by atoms with Crippen LogP contribution in [0.4, 0.5) is 4.39 Å². The van der Waals surface area contributed by atoms with Crippen LogP contribution in [0.3, 0.4) is 0 Å². The van der Waals surface area contributed by atoms with Crippen molar-refractivity contribution in [2.24, 2.45) is 0 Å². The summed E-state index contributed by atoms with van der Waals surface area (Å²) in [6.07, 6.45) is 0. The number of rotatable bonds is 3. The topological polar surface area (TPSA) is 31.4 Å². The fourth-order valence-electron chi connectivity index (χ4n) is 2.31. The average molecular weight is 397 g/mol. The molecular formula is C17H12BrClFNO2. The number of hydrogen-bond donors (Lipinski definition) is 0. The number of aromatic nitrogens is 1. The van der Waals surface area contributed by atoms with Crippen LogP contribution in [0.1, 0.15) is 0 Å². The minimum absolute atomic E-state index is 0.175. The monoisotopic (exact) mass is 395 g/mol. The molecule has 0 atom stereocenters. The van der Waals surface area contributed by atoms with Gasteiger partial charge in [-0.15, -0.1) is 0 Å². The molecule has 0 aliphatic carbocycles. The average Bonchev–Trinajstić information content (AvgIpc) is 2.57. The second-order valence-electron chi connectivity index (χ2n) is 4.82. The smallest absolute Gasteiger partial charge is 0.165 e. The van der Waals surface area contributed by atoms with E-state index in [1.807, 2.05) is 18.2 Å². The first kappa shape index (κ1) is 16.0. The predicted molar refractivity (Wildman–Crippen MR) is 93.0 cm³/mol. The quantitative estimate of drug-likeness (QED) is 0.588. The van der Waals surface area contributed by atoms with Gasteiger partial charge in [0.1, 0.15) is 5.75 Å². The highest BCUT2D eigenvalue weighted by Crippen LogP contribution is 2.39. The second kappa shape index (κ2) is 6.34. The van der Waals surface area contributed by atoms with Crippen LogP contribution in [0.15, 0.2) is 40.9 Å². The molecule has 0 bridgehead atoms. The normalized spacial score (nSPS) is 10.8. The van der Waals surface area contributed by atoms with Gasteiger partial charge in [-0.3, -0.25) is 0 Å². The number of pyridine rings is 1. The van der Waals surface area contributed by atoms with Crippen molar-refractivity contribution in [3.8, 4) is 22.8 Å². The molecule has 0 aliphatic heterocycles. The number of methoxy groups -OCH3 is 2. The summed E-state index contributed by atoms with van der Waals surface area (Å²) in [4.78, 5) is 4.55. The summed E-state index contributed by atoms with van der Waals surface area (Å²) >= 11 is 9.92. The van der Waals surface area contributed by atoms with Crippen molar-refractivity contribution in [2.75, 3.05) is 14.2 Å². The fourth-order valence-corrected chi connectivity index (χ4v) is 3.07. The van der Waals surface area contributed by atoms with Crippen molar-refractivity contribution in [3.05, 3.63) is 51.7 Å². The number of hydrogen-bond acceptors (Lipinski definition) is 3. The van der Waals surface area contributed by atoms with E-state index < -0.39 is 5.82 Å². The molecule has 3 nitrogen and oxygen atoms in total. The molecule has 0 saturated carbocycles. The third-order valence-corrected chi connectivity index (χ3v) is 4.92. The van der Waals surface area contributed by atoms with E-state index in [4.69, 9.17) is 21.1 Å². The van der Waals surface area contributed by atoms with E-state index in [0.717, 1.165) is 10.9 Å². The standard InChI is InChI=1S/C17H12BrClFNO2/c1-22-10-4-5-13-11(8-10)15(18)16(19)17(21-13)9-3-6-14(23-2)12(20)7-9/h3-8H,1-2H3. The summed E-state index contributed by atoms with van der Waals surface area (Å²) in [5.41, 5.74) is 1.80. The summed E-state index contributed by atoms with van der Waals surface area (Å²) in [5, 5.41) is 1.24. The van der Waals surface area contributed by atoms with Crippen molar-refractivity contribution in [3.63, 3.8) is 0 Å². The lowest BCUT2D eigenvalue weighted by Gasteiger charge is -2.11. The molecule has 0 fully saturated rings. The zero-order valence-corrected chi connectivity index (χ0v) is 14.7. The molecule has 3 rings (SSSR count). The Morgan fingerprint density at radius 1 is 1.09 bits per heavy atom.